The zero-order chi connectivity index (χ0) is 20.8. The molecule has 0 unspecified atom stereocenters. The van der Waals surface area contributed by atoms with Gasteiger partial charge in [-0.1, -0.05) is 30.3 Å². The van der Waals surface area contributed by atoms with E-state index in [1.807, 2.05) is 24.5 Å². The molecular formula is C18H25N3O6S. The molecule has 0 heterocycles. The van der Waals surface area contributed by atoms with Gasteiger partial charge in [0.25, 0.3) is 0 Å². The molecule has 9 nitrogen and oxygen atoms in total. The topological polar surface area (TPSA) is 123 Å². The summed E-state index contributed by atoms with van der Waals surface area (Å²) in [5.41, 5.74) is 0.820. The van der Waals surface area contributed by atoms with Crippen molar-refractivity contribution in [2.45, 2.75) is 19.1 Å². The number of methoxy groups -OCH3 is 1. The number of hydrogen-bond acceptors (Lipinski definition) is 7. The summed E-state index contributed by atoms with van der Waals surface area (Å²) in [5, 5.41) is 7.15. The summed E-state index contributed by atoms with van der Waals surface area (Å²) < 4.78 is 9.61. The Balaban J connectivity index is 2.26. The lowest BCUT2D eigenvalue weighted by Crippen LogP contribution is -2.47. The number of amides is 3. The predicted octanol–water partition coefficient (Wildman–Crippen LogP) is 0.440. The van der Waals surface area contributed by atoms with Gasteiger partial charge in [0.05, 0.1) is 13.7 Å². The van der Waals surface area contributed by atoms with Gasteiger partial charge in [-0.2, -0.15) is 11.8 Å². The number of carbonyl (C=O) groups excluding carboxylic acids is 4. The van der Waals surface area contributed by atoms with E-state index in [0.717, 1.165) is 5.56 Å². The van der Waals surface area contributed by atoms with E-state index in [9.17, 15) is 19.2 Å². The van der Waals surface area contributed by atoms with E-state index >= 15 is 0 Å². The van der Waals surface area contributed by atoms with Crippen LogP contribution in [0.2, 0.25) is 0 Å². The third kappa shape index (κ3) is 9.81. The molecule has 0 radical (unpaired) electrons. The number of benzene rings is 1. The highest BCUT2D eigenvalue weighted by molar-refractivity contribution is 7.98. The van der Waals surface area contributed by atoms with Crippen LogP contribution in [-0.4, -0.2) is 62.1 Å². The number of rotatable bonds is 11. The van der Waals surface area contributed by atoms with Crippen LogP contribution in [0, 0.1) is 0 Å². The first kappa shape index (κ1) is 23.3. The van der Waals surface area contributed by atoms with Gasteiger partial charge in [0, 0.05) is 0 Å². The zero-order valence-corrected chi connectivity index (χ0v) is 16.7. The molecule has 0 aliphatic rings. The van der Waals surface area contributed by atoms with Crippen LogP contribution < -0.4 is 16.0 Å². The van der Waals surface area contributed by atoms with Crippen LogP contribution in [0.4, 0.5) is 4.79 Å². The lowest BCUT2D eigenvalue weighted by molar-refractivity contribution is -0.145. The summed E-state index contributed by atoms with van der Waals surface area (Å²) in [5.74, 6) is -0.972. The summed E-state index contributed by atoms with van der Waals surface area (Å²) >= 11 is 1.53. The van der Waals surface area contributed by atoms with E-state index in [-0.39, 0.29) is 19.7 Å². The van der Waals surface area contributed by atoms with E-state index in [1.54, 1.807) is 12.1 Å². The maximum Gasteiger partial charge on any atom is 0.407 e. The molecule has 10 heteroatoms. The van der Waals surface area contributed by atoms with Crippen molar-refractivity contribution in [2.24, 2.45) is 0 Å². The Bertz CT molecular complexity index is 656. The number of esters is 1. The van der Waals surface area contributed by atoms with Gasteiger partial charge in [-0.05, 0) is 24.0 Å². The highest BCUT2D eigenvalue weighted by atomic mass is 32.2. The summed E-state index contributed by atoms with van der Waals surface area (Å²) in [6, 6.07) is 8.33. The molecule has 0 saturated carbocycles. The summed E-state index contributed by atoms with van der Waals surface area (Å²) in [7, 11) is 1.24. The Morgan fingerprint density at radius 2 is 1.71 bits per heavy atom. The maximum atomic E-state index is 11.9. The van der Waals surface area contributed by atoms with Crippen molar-refractivity contribution in [2.75, 3.05) is 32.2 Å². The molecule has 0 bridgehead atoms. The Labute approximate surface area is 167 Å². The average molecular weight is 411 g/mol. The summed E-state index contributed by atoms with van der Waals surface area (Å²) in [6.45, 7) is -0.582. The fraction of sp³-hybridized carbons (Fsp3) is 0.444. The van der Waals surface area contributed by atoms with Crippen LogP contribution in [-0.2, 0) is 30.5 Å². The molecule has 3 N–H and O–H groups in total. The van der Waals surface area contributed by atoms with Crippen molar-refractivity contribution < 1.29 is 28.7 Å². The number of ether oxygens (including phenoxy) is 2. The monoisotopic (exact) mass is 411 g/mol. The number of carbonyl (C=O) groups is 4. The van der Waals surface area contributed by atoms with Crippen LogP contribution in [0.3, 0.4) is 0 Å². The summed E-state index contributed by atoms with van der Waals surface area (Å²) in [6.07, 6.45) is 1.56. The third-order valence-electron chi connectivity index (χ3n) is 3.48. The lowest BCUT2D eigenvalue weighted by Gasteiger charge is -2.16. The molecule has 28 heavy (non-hydrogen) atoms. The number of alkyl carbamates (subject to hydrolysis) is 1. The van der Waals surface area contributed by atoms with Crippen LogP contribution in [0.25, 0.3) is 0 Å². The van der Waals surface area contributed by atoms with Gasteiger partial charge in [0.2, 0.25) is 11.8 Å². The van der Waals surface area contributed by atoms with Gasteiger partial charge in [-0.25, -0.2) is 9.59 Å². The molecule has 1 aromatic rings. The normalized spacial score (nSPS) is 11.1. The first-order chi connectivity index (χ1) is 13.5. The second-order valence-corrected chi connectivity index (χ2v) is 6.60. The molecule has 154 valence electrons. The third-order valence-corrected chi connectivity index (χ3v) is 4.13. The van der Waals surface area contributed by atoms with Crippen molar-refractivity contribution in [1.82, 2.24) is 16.0 Å². The number of hydrogen-bond donors (Lipinski definition) is 3. The van der Waals surface area contributed by atoms with E-state index in [4.69, 9.17) is 4.74 Å². The van der Waals surface area contributed by atoms with Crippen LogP contribution in [0.15, 0.2) is 30.3 Å². The van der Waals surface area contributed by atoms with Crippen molar-refractivity contribution in [3.05, 3.63) is 35.9 Å². The minimum Gasteiger partial charge on any atom is -0.467 e. The minimum absolute atomic E-state index is 0.0850. The maximum absolute atomic E-state index is 11.9. The van der Waals surface area contributed by atoms with E-state index in [2.05, 4.69) is 20.7 Å². The molecule has 1 atom stereocenters. The van der Waals surface area contributed by atoms with E-state index < -0.39 is 29.9 Å². The fourth-order valence-corrected chi connectivity index (χ4v) is 2.51. The Kier molecular flexibility index (Phi) is 11.2. The Hall–Kier alpha value is -2.75. The Morgan fingerprint density at radius 1 is 1.04 bits per heavy atom. The first-order valence-electron chi connectivity index (χ1n) is 8.53. The van der Waals surface area contributed by atoms with Crippen molar-refractivity contribution in [1.29, 1.82) is 0 Å². The second kappa shape index (κ2) is 13.4. The smallest absolute Gasteiger partial charge is 0.407 e. The predicted molar refractivity (Wildman–Crippen MR) is 105 cm³/mol. The first-order valence-corrected chi connectivity index (χ1v) is 9.93. The van der Waals surface area contributed by atoms with Crippen LogP contribution in [0.1, 0.15) is 12.0 Å². The van der Waals surface area contributed by atoms with Gasteiger partial charge in [0.1, 0.15) is 19.2 Å². The molecule has 0 saturated heterocycles. The van der Waals surface area contributed by atoms with Crippen molar-refractivity contribution in [3.8, 4) is 0 Å². The zero-order valence-electron chi connectivity index (χ0n) is 15.9. The molecule has 0 fully saturated rings. The Morgan fingerprint density at radius 3 is 2.36 bits per heavy atom. The number of thioether (sulfide) groups is 1. The van der Waals surface area contributed by atoms with E-state index in [0.29, 0.717) is 12.2 Å². The molecular weight excluding hydrogens is 386 g/mol. The van der Waals surface area contributed by atoms with Crippen molar-refractivity contribution in [3.63, 3.8) is 0 Å². The quantitative estimate of drug-likeness (QED) is 0.452. The van der Waals surface area contributed by atoms with Gasteiger partial charge in [-0.15, -0.1) is 0 Å². The van der Waals surface area contributed by atoms with Gasteiger partial charge in [-0.3, -0.25) is 9.59 Å². The SMILES string of the molecule is COC(=O)[C@H](CCSC)NC(=O)CNC(=O)CNC(=O)OCc1ccccc1. The van der Waals surface area contributed by atoms with Gasteiger partial charge < -0.3 is 25.4 Å². The fourth-order valence-electron chi connectivity index (χ4n) is 2.04. The second-order valence-electron chi connectivity index (χ2n) is 5.62. The average Bonchev–Trinajstić information content (AvgIpc) is 2.72. The summed E-state index contributed by atoms with van der Waals surface area (Å²) in [4.78, 5) is 46.8. The lowest BCUT2D eigenvalue weighted by atomic mass is 10.2. The molecule has 0 spiro atoms. The largest absolute Gasteiger partial charge is 0.467 e. The molecule has 0 aliphatic carbocycles. The minimum atomic E-state index is -0.770. The molecule has 0 aliphatic heterocycles. The molecule has 0 aromatic heterocycles. The van der Waals surface area contributed by atoms with E-state index in [1.165, 1.54) is 18.9 Å². The van der Waals surface area contributed by atoms with Gasteiger partial charge in [0.15, 0.2) is 0 Å². The molecule has 1 rings (SSSR count). The van der Waals surface area contributed by atoms with Gasteiger partial charge >= 0.3 is 12.1 Å². The van der Waals surface area contributed by atoms with Crippen molar-refractivity contribution >= 4 is 35.6 Å². The van der Waals surface area contributed by atoms with Crippen LogP contribution >= 0.6 is 11.8 Å². The highest BCUT2D eigenvalue weighted by Crippen LogP contribution is 2.02. The van der Waals surface area contributed by atoms with Crippen LogP contribution in [0.5, 0.6) is 0 Å². The molecule has 1 aromatic carbocycles. The number of nitrogens with one attached hydrogen (secondary N) is 3. The highest BCUT2D eigenvalue weighted by Gasteiger charge is 2.21. The molecule has 3 amide bonds. The standard InChI is InChI=1S/C18H25N3O6S/c1-26-17(24)14(8-9-28-2)21-16(23)11-19-15(22)10-20-18(25)27-12-13-6-4-3-5-7-13/h3-7,14H,8-12H2,1-2H3,(H,19,22)(H,20,25)(H,21,23)/t14-/m0/s1.